The molecule has 2 heterocycles. The van der Waals surface area contributed by atoms with E-state index < -0.39 is 23.8 Å². The maximum Gasteiger partial charge on any atom is 0.262 e. The molecule has 0 spiro atoms. The molecule has 0 aromatic heterocycles. The van der Waals surface area contributed by atoms with Gasteiger partial charge in [0, 0.05) is 6.42 Å². The van der Waals surface area contributed by atoms with Gasteiger partial charge in [0.1, 0.15) is 6.04 Å². The molecule has 0 radical (unpaired) electrons. The molecule has 3 aliphatic rings. The molecule has 182 valence electrons. The molecule has 2 aliphatic heterocycles. The Morgan fingerprint density at radius 2 is 1.54 bits per heavy atom. The Bertz CT molecular complexity index is 1140. The van der Waals surface area contributed by atoms with Crippen LogP contribution in [0, 0.1) is 0 Å². The Morgan fingerprint density at radius 3 is 2.26 bits per heavy atom. The summed E-state index contributed by atoms with van der Waals surface area (Å²) in [5.41, 5.74) is 2.85. The van der Waals surface area contributed by atoms with Gasteiger partial charge >= 0.3 is 0 Å². The van der Waals surface area contributed by atoms with Crippen molar-refractivity contribution in [3.05, 3.63) is 70.8 Å². The van der Waals surface area contributed by atoms with Gasteiger partial charge < -0.3 is 4.74 Å². The molecule has 5 rings (SSSR count). The van der Waals surface area contributed by atoms with Crippen molar-refractivity contribution in [1.82, 2.24) is 10.2 Å². The molecule has 1 saturated carbocycles. The van der Waals surface area contributed by atoms with Crippen LogP contribution in [0.25, 0.3) is 0 Å². The standard InChI is InChI=1S/C28H30N2O5/c31-25-15-14-24(26(32)29-25)30-27(33)22-13-12-18(16-23(22)28(30)34)17-35-21-10-4-8-20(9-5-11-21)19-6-2-1-3-7-19/h1-3,6-7,12-13,16,20-21,24H,4-5,8-11,14-15,17H2,(H,29,31,32). The van der Waals surface area contributed by atoms with Gasteiger partial charge in [-0.3, -0.25) is 29.4 Å². The molecular formula is C28H30N2O5. The minimum Gasteiger partial charge on any atom is -0.374 e. The molecular weight excluding hydrogens is 444 g/mol. The summed E-state index contributed by atoms with van der Waals surface area (Å²) in [6.07, 6.45) is 7.01. The van der Waals surface area contributed by atoms with E-state index in [1.807, 2.05) is 6.07 Å². The maximum absolute atomic E-state index is 13.0. The number of ether oxygens (including phenoxy) is 1. The van der Waals surface area contributed by atoms with E-state index in [4.69, 9.17) is 4.74 Å². The lowest BCUT2D eigenvalue weighted by atomic mass is 9.85. The van der Waals surface area contributed by atoms with Gasteiger partial charge in [-0.2, -0.15) is 0 Å². The van der Waals surface area contributed by atoms with Gasteiger partial charge in [-0.25, -0.2) is 0 Å². The molecule has 2 fully saturated rings. The molecule has 1 aliphatic carbocycles. The average Bonchev–Trinajstić information content (AvgIpc) is 3.08. The zero-order valence-electron chi connectivity index (χ0n) is 19.7. The number of fused-ring (bicyclic) bond motifs is 1. The van der Waals surface area contributed by atoms with Crippen LogP contribution >= 0.6 is 0 Å². The maximum atomic E-state index is 13.0. The number of rotatable bonds is 5. The molecule has 7 nitrogen and oxygen atoms in total. The van der Waals surface area contributed by atoms with Crippen LogP contribution in [0.2, 0.25) is 0 Å². The van der Waals surface area contributed by atoms with E-state index in [1.165, 1.54) is 5.56 Å². The zero-order valence-corrected chi connectivity index (χ0v) is 19.7. The first-order valence-corrected chi connectivity index (χ1v) is 12.5. The lowest BCUT2D eigenvalue weighted by Crippen LogP contribution is -2.54. The molecule has 2 aromatic rings. The summed E-state index contributed by atoms with van der Waals surface area (Å²) in [5.74, 6) is -1.34. The zero-order chi connectivity index (χ0) is 24.4. The average molecular weight is 475 g/mol. The number of amides is 4. The van der Waals surface area contributed by atoms with Crippen LogP contribution in [0.5, 0.6) is 0 Å². The second-order valence-corrected chi connectivity index (χ2v) is 9.73. The molecule has 7 heteroatoms. The molecule has 1 N–H and O–H groups in total. The van der Waals surface area contributed by atoms with E-state index in [2.05, 4.69) is 35.6 Å². The molecule has 35 heavy (non-hydrogen) atoms. The Hall–Kier alpha value is -3.32. The summed E-state index contributed by atoms with van der Waals surface area (Å²) < 4.78 is 6.23. The van der Waals surface area contributed by atoms with Crippen molar-refractivity contribution in [2.24, 2.45) is 0 Å². The first-order chi connectivity index (χ1) is 17.0. The number of imide groups is 2. The largest absolute Gasteiger partial charge is 0.374 e. The third-order valence-electron chi connectivity index (χ3n) is 7.42. The molecule has 1 atom stereocenters. The normalized spacial score (nSPS) is 25.1. The van der Waals surface area contributed by atoms with Crippen molar-refractivity contribution in [2.45, 2.75) is 76.0 Å². The van der Waals surface area contributed by atoms with Crippen molar-refractivity contribution in [1.29, 1.82) is 0 Å². The Kier molecular flexibility index (Phi) is 6.77. The minimum absolute atomic E-state index is 0.108. The first-order valence-electron chi connectivity index (χ1n) is 12.5. The second kappa shape index (κ2) is 10.1. The van der Waals surface area contributed by atoms with E-state index in [1.54, 1.807) is 12.1 Å². The summed E-state index contributed by atoms with van der Waals surface area (Å²) in [6.45, 7) is 0.375. The van der Waals surface area contributed by atoms with Gasteiger partial charge in [-0.15, -0.1) is 0 Å². The van der Waals surface area contributed by atoms with Gasteiger partial charge in [0.15, 0.2) is 0 Å². The fraction of sp³-hybridized carbons (Fsp3) is 0.429. The number of piperidine rings is 1. The van der Waals surface area contributed by atoms with Crippen molar-refractivity contribution < 1.29 is 23.9 Å². The first kappa shape index (κ1) is 23.4. The predicted molar refractivity (Wildman–Crippen MR) is 129 cm³/mol. The van der Waals surface area contributed by atoms with Crippen LogP contribution in [-0.4, -0.2) is 40.7 Å². The van der Waals surface area contributed by atoms with Gasteiger partial charge in [0.25, 0.3) is 11.8 Å². The lowest BCUT2D eigenvalue weighted by Gasteiger charge is -2.27. The highest BCUT2D eigenvalue weighted by molar-refractivity contribution is 6.23. The van der Waals surface area contributed by atoms with Crippen LogP contribution < -0.4 is 5.32 Å². The van der Waals surface area contributed by atoms with E-state index in [0.717, 1.165) is 49.0 Å². The lowest BCUT2D eigenvalue weighted by molar-refractivity contribution is -0.136. The third-order valence-corrected chi connectivity index (χ3v) is 7.42. The number of hydrogen-bond acceptors (Lipinski definition) is 5. The van der Waals surface area contributed by atoms with Gasteiger partial charge in [-0.1, -0.05) is 49.2 Å². The second-order valence-electron chi connectivity index (χ2n) is 9.73. The topological polar surface area (TPSA) is 92.8 Å². The monoisotopic (exact) mass is 474 g/mol. The number of hydrogen-bond donors (Lipinski definition) is 1. The van der Waals surface area contributed by atoms with Gasteiger partial charge in [0.2, 0.25) is 11.8 Å². The van der Waals surface area contributed by atoms with Crippen LogP contribution in [0.3, 0.4) is 0 Å². The Labute approximate surface area is 204 Å². The van der Waals surface area contributed by atoms with E-state index in [9.17, 15) is 19.2 Å². The SMILES string of the molecule is O=C1CCC(N2C(=O)c3ccc(COC4CCCC(c5ccccc5)CCC4)cc3C2=O)C(=O)N1. The summed E-state index contributed by atoms with van der Waals surface area (Å²) >= 11 is 0. The minimum atomic E-state index is -0.950. The molecule has 1 saturated heterocycles. The quantitative estimate of drug-likeness (QED) is 0.659. The fourth-order valence-corrected chi connectivity index (χ4v) is 5.52. The number of nitrogens with zero attached hydrogens (tertiary/aromatic N) is 1. The molecule has 1 unspecified atom stereocenters. The van der Waals surface area contributed by atoms with Crippen molar-refractivity contribution in [3.8, 4) is 0 Å². The Balaban J connectivity index is 1.19. The summed E-state index contributed by atoms with van der Waals surface area (Å²) in [4.78, 5) is 50.6. The Morgan fingerprint density at radius 1 is 0.829 bits per heavy atom. The van der Waals surface area contributed by atoms with E-state index >= 15 is 0 Å². The van der Waals surface area contributed by atoms with Crippen LogP contribution in [-0.2, 0) is 20.9 Å². The molecule has 0 bridgehead atoms. The summed E-state index contributed by atoms with van der Waals surface area (Å²) in [5, 5.41) is 2.22. The van der Waals surface area contributed by atoms with Crippen molar-refractivity contribution in [2.75, 3.05) is 0 Å². The summed E-state index contributed by atoms with van der Waals surface area (Å²) in [7, 11) is 0. The van der Waals surface area contributed by atoms with Gasteiger partial charge in [-0.05, 0) is 61.3 Å². The van der Waals surface area contributed by atoms with E-state index in [0.29, 0.717) is 23.7 Å². The summed E-state index contributed by atoms with van der Waals surface area (Å²) in [6, 6.07) is 14.9. The highest BCUT2D eigenvalue weighted by atomic mass is 16.5. The highest BCUT2D eigenvalue weighted by Gasteiger charge is 2.44. The van der Waals surface area contributed by atoms with Gasteiger partial charge in [0.05, 0.1) is 23.8 Å². The smallest absolute Gasteiger partial charge is 0.262 e. The highest BCUT2D eigenvalue weighted by Crippen LogP contribution is 2.32. The van der Waals surface area contributed by atoms with Crippen LogP contribution in [0.15, 0.2) is 48.5 Å². The molecule has 2 aromatic carbocycles. The fourth-order valence-electron chi connectivity index (χ4n) is 5.52. The van der Waals surface area contributed by atoms with Crippen LogP contribution in [0.4, 0.5) is 0 Å². The number of carbonyl (C=O) groups is 4. The number of carbonyl (C=O) groups excluding carboxylic acids is 4. The number of benzene rings is 2. The van der Waals surface area contributed by atoms with Crippen molar-refractivity contribution in [3.63, 3.8) is 0 Å². The molecule has 4 amide bonds. The van der Waals surface area contributed by atoms with Crippen LogP contribution in [0.1, 0.15) is 89.1 Å². The predicted octanol–water partition coefficient (Wildman–Crippen LogP) is 4.11. The third kappa shape index (κ3) is 4.91. The number of nitrogens with one attached hydrogen (secondary N) is 1. The van der Waals surface area contributed by atoms with Crippen molar-refractivity contribution >= 4 is 23.6 Å². The van der Waals surface area contributed by atoms with E-state index in [-0.39, 0.29) is 24.9 Å².